The van der Waals surface area contributed by atoms with E-state index >= 15 is 0 Å². The first-order chi connectivity index (χ1) is 8.83. The van der Waals surface area contributed by atoms with Crippen molar-refractivity contribution < 1.29 is 9.90 Å². The lowest BCUT2D eigenvalue weighted by molar-refractivity contribution is -0.150. The molecule has 2 aromatic rings. The van der Waals surface area contributed by atoms with Gasteiger partial charge in [0.15, 0.2) is 0 Å². The van der Waals surface area contributed by atoms with E-state index in [1.54, 1.807) is 18.3 Å². The van der Waals surface area contributed by atoms with Crippen molar-refractivity contribution >= 4 is 43.5 Å². The summed E-state index contributed by atoms with van der Waals surface area (Å²) in [7, 11) is 0. The number of thiazole rings is 1. The third-order valence-electron chi connectivity index (χ3n) is 3.68. The Labute approximate surface area is 124 Å². The highest BCUT2D eigenvalue weighted by atomic mass is 79.9. The second-order valence-corrected chi connectivity index (χ2v) is 7.30. The van der Waals surface area contributed by atoms with Gasteiger partial charge in [0.25, 0.3) is 0 Å². The number of halogens is 1. The Balaban J connectivity index is 2.37. The molecule has 102 valence electrons. The maximum absolute atomic E-state index is 11.5. The van der Waals surface area contributed by atoms with Gasteiger partial charge in [-0.1, -0.05) is 29.8 Å². The summed E-state index contributed by atoms with van der Waals surface area (Å²) in [5, 5.41) is 10.3. The number of fused-ring (bicyclic) bond motifs is 1. The number of hydrogen-bond acceptors (Lipinski definition) is 3. The number of rotatable bonds is 4. The summed E-state index contributed by atoms with van der Waals surface area (Å²) in [6, 6.07) is 5.92. The quantitative estimate of drug-likeness (QED) is 0.899. The number of benzene rings is 1. The van der Waals surface area contributed by atoms with Crippen LogP contribution in [0, 0.1) is 11.3 Å². The Kier molecular flexibility index (Phi) is 3.97. The van der Waals surface area contributed by atoms with Crippen LogP contribution in [-0.4, -0.2) is 16.1 Å². The molecule has 1 aromatic heterocycles. The number of carbonyl (C=O) groups is 1. The summed E-state index contributed by atoms with van der Waals surface area (Å²) in [5.74, 6) is -0.702. The summed E-state index contributed by atoms with van der Waals surface area (Å²) in [6.07, 6.45) is 0.469. The van der Waals surface area contributed by atoms with Crippen LogP contribution in [0.1, 0.15) is 25.8 Å². The van der Waals surface area contributed by atoms with E-state index in [0.717, 1.165) is 19.7 Å². The molecule has 1 aromatic carbocycles. The smallest absolute Gasteiger partial charge is 0.310 e. The van der Waals surface area contributed by atoms with Gasteiger partial charge in [-0.15, -0.1) is 11.3 Å². The molecule has 5 heteroatoms. The van der Waals surface area contributed by atoms with Gasteiger partial charge in [-0.25, -0.2) is 4.98 Å². The van der Waals surface area contributed by atoms with Crippen LogP contribution in [0.25, 0.3) is 10.2 Å². The fourth-order valence-electron chi connectivity index (χ4n) is 1.86. The van der Waals surface area contributed by atoms with Gasteiger partial charge in [-0.05, 0) is 31.0 Å². The predicted molar refractivity (Wildman–Crippen MR) is 81.6 cm³/mol. The molecule has 1 atom stereocenters. The third-order valence-corrected chi connectivity index (χ3v) is 5.19. The van der Waals surface area contributed by atoms with E-state index in [2.05, 4.69) is 20.9 Å². The predicted octanol–water partition coefficient (Wildman–Crippen LogP) is 4.35. The zero-order valence-electron chi connectivity index (χ0n) is 11.1. The highest BCUT2D eigenvalue weighted by Gasteiger charge is 2.37. The summed E-state index contributed by atoms with van der Waals surface area (Å²) in [5.41, 5.74) is 0.158. The van der Waals surface area contributed by atoms with Crippen LogP contribution in [0.2, 0.25) is 0 Å². The summed E-state index contributed by atoms with van der Waals surface area (Å²) in [4.78, 5) is 16.0. The van der Waals surface area contributed by atoms with Gasteiger partial charge in [-0.3, -0.25) is 4.79 Å². The topological polar surface area (TPSA) is 50.2 Å². The summed E-state index contributed by atoms with van der Waals surface area (Å²) < 4.78 is 2.10. The molecule has 19 heavy (non-hydrogen) atoms. The van der Waals surface area contributed by atoms with Crippen molar-refractivity contribution in [3.63, 3.8) is 0 Å². The molecule has 3 nitrogen and oxygen atoms in total. The van der Waals surface area contributed by atoms with Crippen molar-refractivity contribution in [3.05, 3.63) is 27.7 Å². The monoisotopic (exact) mass is 341 g/mol. The van der Waals surface area contributed by atoms with Crippen molar-refractivity contribution in [1.29, 1.82) is 0 Å². The average molecular weight is 342 g/mol. The molecule has 0 amide bonds. The van der Waals surface area contributed by atoms with Crippen LogP contribution < -0.4 is 0 Å². The van der Waals surface area contributed by atoms with Crippen LogP contribution in [0.15, 0.2) is 22.7 Å². The van der Waals surface area contributed by atoms with E-state index in [4.69, 9.17) is 0 Å². The molecule has 2 rings (SSSR count). The van der Waals surface area contributed by atoms with E-state index < -0.39 is 11.4 Å². The van der Waals surface area contributed by atoms with E-state index in [1.165, 1.54) is 0 Å². The van der Waals surface area contributed by atoms with Crippen LogP contribution in [0.5, 0.6) is 0 Å². The summed E-state index contributed by atoms with van der Waals surface area (Å²) in [6.45, 7) is 5.68. The Morgan fingerprint density at radius 2 is 2.21 bits per heavy atom. The van der Waals surface area contributed by atoms with E-state index in [-0.39, 0.29) is 5.92 Å². The number of nitrogens with zero attached hydrogens (tertiary/aromatic N) is 1. The van der Waals surface area contributed by atoms with E-state index in [1.807, 2.05) is 32.0 Å². The van der Waals surface area contributed by atoms with Crippen molar-refractivity contribution in [2.24, 2.45) is 11.3 Å². The third kappa shape index (κ3) is 2.82. The van der Waals surface area contributed by atoms with Crippen LogP contribution >= 0.6 is 27.3 Å². The molecule has 0 bridgehead atoms. The van der Waals surface area contributed by atoms with Gasteiger partial charge in [0.1, 0.15) is 0 Å². The van der Waals surface area contributed by atoms with Gasteiger partial charge >= 0.3 is 5.97 Å². The zero-order valence-corrected chi connectivity index (χ0v) is 13.5. The molecule has 1 unspecified atom stereocenters. The maximum atomic E-state index is 11.5. The van der Waals surface area contributed by atoms with Gasteiger partial charge in [0, 0.05) is 10.9 Å². The largest absolute Gasteiger partial charge is 0.481 e. The number of carboxylic acids is 1. The number of aliphatic carboxylic acids is 1. The second-order valence-electron chi connectivity index (χ2n) is 5.27. The molecule has 0 aliphatic heterocycles. The lowest BCUT2D eigenvalue weighted by Gasteiger charge is -2.27. The molecule has 0 radical (unpaired) electrons. The first-order valence-corrected chi connectivity index (χ1v) is 7.72. The highest BCUT2D eigenvalue weighted by molar-refractivity contribution is 9.10. The minimum absolute atomic E-state index is 0.0590. The Hall–Kier alpha value is -0.940. The fourth-order valence-corrected chi connectivity index (χ4v) is 3.55. The van der Waals surface area contributed by atoms with Crippen LogP contribution in [0.4, 0.5) is 0 Å². The normalized spacial score (nSPS) is 14.8. The average Bonchev–Trinajstić information content (AvgIpc) is 2.69. The Morgan fingerprint density at radius 1 is 1.53 bits per heavy atom. The van der Waals surface area contributed by atoms with E-state index in [0.29, 0.717) is 6.42 Å². The van der Waals surface area contributed by atoms with E-state index in [9.17, 15) is 9.90 Å². The maximum Gasteiger partial charge on any atom is 0.310 e. The molecule has 0 aliphatic carbocycles. The first kappa shape index (κ1) is 14.5. The van der Waals surface area contributed by atoms with Gasteiger partial charge in [0.05, 0.1) is 20.6 Å². The molecule has 0 aliphatic rings. The molecule has 1 N–H and O–H groups in total. The van der Waals surface area contributed by atoms with Gasteiger partial charge in [-0.2, -0.15) is 0 Å². The number of hydrogen-bond donors (Lipinski definition) is 1. The van der Waals surface area contributed by atoms with Crippen molar-refractivity contribution in [2.45, 2.75) is 27.2 Å². The minimum Gasteiger partial charge on any atom is -0.481 e. The second kappa shape index (κ2) is 5.21. The lowest BCUT2D eigenvalue weighted by atomic mass is 9.76. The standard InChI is InChI=1S/C14H16BrNO2S/c1-8(2)14(3,13(17)18)7-12-16-10-5-4-9(15)6-11(10)19-12/h4-6,8H,7H2,1-3H3,(H,17,18). The Bertz CT molecular complexity index is 623. The van der Waals surface area contributed by atoms with Crippen molar-refractivity contribution in [2.75, 3.05) is 0 Å². The van der Waals surface area contributed by atoms with Crippen molar-refractivity contribution in [1.82, 2.24) is 4.98 Å². The molecule has 0 saturated heterocycles. The minimum atomic E-state index is -0.773. The fraction of sp³-hybridized carbons (Fsp3) is 0.429. The molecular weight excluding hydrogens is 326 g/mol. The SMILES string of the molecule is CC(C)C(C)(Cc1nc2ccc(Br)cc2s1)C(=O)O. The molecule has 0 saturated carbocycles. The lowest BCUT2D eigenvalue weighted by Crippen LogP contribution is -2.35. The Morgan fingerprint density at radius 3 is 2.79 bits per heavy atom. The molecule has 0 fully saturated rings. The number of aromatic nitrogens is 1. The van der Waals surface area contributed by atoms with Crippen LogP contribution in [0.3, 0.4) is 0 Å². The van der Waals surface area contributed by atoms with Gasteiger partial charge < -0.3 is 5.11 Å². The van der Waals surface area contributed by atoms with Crippen molar-refractivity contribution in [3.8, 4) is 0 Å². The van der Waals surface area contributed by atoms with Crippen LogP contribution in [-0.2, 0) is 11.2 Å². The zero-order chi connectivity index (χ0) is 14.2. The van der Waals surface area contributed by atoms with Gasteiger partial charge in [0.2, 0.25) is 0 Å². The molecule has 1 heterocycles. The molecular formula is C14H16BrNO2S. The first-order valence-electron chi connectivity index (χ1n) is 6.11. The summed E-state index contributed by atoms with van der Waals surface area (Å²) >= 11 is 5.00. The highest BCUT2D eigenvalue weighted by Crippen LogP contribution is 2.35. The number of carboxylic acid groups (broad SMARTS) is 1. The molecule has 0 spiro atoms.